The average Bonchev–Trinajstić information content (AvgIpc) is 2.54. The maximum Gasteiger partial charge on any atom is 0.248 e. The SMILES string of the molecule is CCOc1cc(/C=C/C(=O)Nc2cccnc2)cc(Cl)c1OC. The first-order valence-electron chi connectivity index (χ1n) is 7.03. The number of carbonyl (C=O) groups excluding carboxylic acids is 1. The van der Waals surface area contributed by atoms with Crippen LogP contribution in [-0.4, -0.2) is 24.6 Å². The number of rotatable bonds is 6. The van der Waals surface area contributed by atoms with E-state index in [2.05, 4.69) is 10.3 Å². The van der Waals surface area contributed by atoms with E-state index in [1.54, 1.807) is 42.7 Å². The van der Waals surface area contributed by atoms with Gasteiger partial charge in [0, 0.05) is 12.3 Å². The maximum absolute atomic E-state index is 11.9. The lowest BCUT2D eigenvalue weighted by Gasteiger charge is -2.11. The molecule has 0 saturated heterocycles. The highest BCUT2D eigenvalue weighted by molar-refractivity contribution is 6.32. The lowest BCUT2D eigenvalue weighted by molar-refractivity contribution is -0.111. The van der Waals surface area contributed by atoms with Crippen molar-refractivity contribution in [2.45, 2.75) is 6.92 Å². The molecule has 2 aromatic rings. The van der Waals surface area contributed by atoms with Gasteiger partial charge in [-0.3, -0.25) is 9.78 Å². The number of halogens is 1. The van der Waals surface area contributed by atoms with Crippen molar-refractivity contribution in [3.8, 4) is 11.5 Å². The molecule has 0 spiro atoms. The number of nitrogens with one attached hydrogen (secondary N) is 1. The van der Waals surface area contributed by atoms with E-state index < -0.39 is 0 Å². The normalized spacial score (nSPS) is 10.6. The Morgan fingerprint density at radius 1 is 1.43 bits per heavy atom. The second kappa shape index (κ2) is 8.19. The monoisotopic (exact) mass is 332 g/mol. The number of methoxy groups -OCH3 is 1. The van der Waals surface area contributed by atoms with Crippen LogP contribution in [0.15, 0.2) is 42.7 Å². The van der Waals surface area contributed by atoms with Crippen molar-refractivity contribution >= 4 is 29.3 Å². The van der Waals surface area contributed by atoms with Crippen molar-refractivity contribution in [3.05, 3.63) is 53.3 Å². The highest BCUT2D eigenvalue weighted by Crippen LogP contribution is 2.36. The van der Waals surface area contributed by atoms with E-state index in [1.165, 1.54) is 13.2 Å². The molecule has 5 nitrogen and oxygen atoms in total. The number of amides is 1. The van der Waals surface area contributed by atoms with Gasteiger partial charge >= 0.3 is 0 Å². The van der Waals surface area contributed by atoms with Crippen LogP contribution in [-0.2, 0) is 4.79 Å². The molecule has 0 fully saturated rings. The summed E-state index contributed by atoms with van der Waals surface area (Å²) in [7, 11) is 1.53. The van der Waals surface area contributed by atoms with Crippen LogP contribution >= 0.6 is 11.6 Å². The smallest absolute Gasteiger partial charge is 0.248 e. The number of anilines is 1. The van der Waals surface area contributed by atoms with E-state index in [-0.39, 0.29) is 5.91 Å². The first-order chi connectivity index (χ1) is 11.1. The summed E-state index contributed by atoms with van der Waals surface area (Å²) in [6, 6.07) is 6.98. The molecule has 0 atom stereocenters. The van der Waals surface area contributed by atoms with E-state index in [4.69, 9.17) is 21.1 Å². The highest BCUT2D eigenvalue weighted by Gasteiger charge is 2.10. The first kappa shape index (κ1) is 16.8. The number of benzene rings is 1. The molecule has 1 aromatic carbocycles. The molecule has 0 aliphatic heterocycles. The van der Waals surface area contributed by atoms with Crippen LogP contribution in [0.5, 0.6) is 11.5 Å². The summed E-state index contributed by atoms with van der Waals surface area (Å²) in [5.74, 6) is 0.753. The predicted molar refractivity (Wildman–Crippen MR) is 91.1 cm³/mol. The average molecular weight is 333 g/mol. The minimum atomic E-state index is -0.261. The van der Waals surface area contributed by atoms with Crippen molar-refractivity contribution in [2.75, 3.05) is 19.0 Å². The number of hydrogen-bond donors (Lipinski definition) is 1. The van der Waals surface area contributed by atoms with Gasteiger partial charge in [0.15, 0.2) is 11.5 Å². The molecule has 0 radical (unpaired) electrons. The topological polar surface area (TPSA) is 60.5 Å². The fraction of sp³-hybridized carbons (Fsp3) is 0.176. The van der Waals surface area contributed by atoms with Crippen LogP contribution in [0.25, 0.3) is 6.08 Å². The Bertz CT molecular complexity index is 702. The molecule has 2 rings (SSSR count). The fourth-order valence-electron chi connectivity index (χ4n) is 1.94. The standard InChI is InChI=1S/C17H17ClN2O3/c1-3-23-15-10-12(9-14(18)17(15)22-2)6-7-16(21)20-13-5-4-8-19-11-13/h4-11H,3H2,1-2H3,(H,20,21)/b7-6+. The van der Waals surface area contributed by atoms with Gasteiger partial charge in [-0.05, 0) is 42.8 Å². The zero-order chi connectivity index (χ0) is 16.7. The summed E-state index contributed by atoms with van der Waals surface area (Å²) >= 11 is 6.17. The molecule has 0 aliphatic carbocycles. The maximum atomic E-state index is 11.9. The third kappa shape index (κ3) is 4.72. The van der Waals surface area contributed by atoms with Crippen molar-refractivity contribution < 1.29 is 14.3 Å². The minimum absolute atomic E-state index is 0.261. The quantitative estimate of drug-likeness (QED) is 0.817. The molecule has 23 heavy (non-hydrogen) atoms. The molecule has 1 aromatic heterocycles. The summed E-state index contributed by atoms with van der Waals surface area (Å²) in [4.78, 5) is 15.8. The van der Waals surface area contributed by atoms with Crippen molar-refractivity contribution in [2.24, 2.45) is 0 Å². The minimum Gasteiger partial charge on any atom is -0.491 e. The van der Waals surface area contributed by atoms with Gasteiger partial charge in [-0.25, -0.2) is 0 Å². The Labute approximate surface area is 139 Å². The second-order valence-corrected chi connectivity index (χ2v) is 4.94. The van der Waals surface area contributed by atoms with Gasteiger partial charge in [-0.1, -0.05) is 11.6 Å². The first-order valence-corrected chi connectivity index (χ1v) is 7.41. The Morgan fingerprint density at radius 2 is 2.26 bits per heavy atom. The van der Waals surface area contributed by atoms with Crippen LogP contribution in [0, 0.1) is 0 Å². The Balaban J connectivity index is 2.14. The van der Waals surface area contributed by atoms with Gasteiger partial charge < -0.3 is 14.8 Å². The van der Waals surface area contributed by atoms with E-state index in [9.17, 15) is 4.79 Å². The lowest BCUT2D eigenvalue weighted by atomic mass is 10.2. The van der Waals surface area contributed by atoms with Crippen LogP contribution < -0.4 is 14.8 Å². The molecule has 0 saturated carbocycles. The molecule has 120 valence electrons. The molecular formula is C17H17ClN2O3. The number of hydrogen-bond acceptors (Lipinski definition) is 4. The summed E-state index contributed by atoms with van der Waals surface area (Å²) in [6.45, 7) is 2.36. The third-order valence-electron chi connectivity index (χ3n) is 2.89. The van der Waals surface area contributed by atoms with Gasteiger partial charge in [-0.15, -0.1) is 0 Å². The van der Waals surface area contributed by atoms with E-state index >= 15 is 0 Å². The predicted octanol–water partition coefficient (Wildman–Crippen LogP) is 3.79. The molecular weight excluding hydrogens is 316 g/mol. The summed E-state index contributed by atoms with van der Waals surface area (Å²) in [5.41, 5.74) is 1.37. The van der Waals surface area contributed by atoms with Crippen molar-refractivity contribution in [1.29, 1.82) is 0 Å². The van der Waals surface area contributed by atoms with E-state index in [0.29, 0.717) is 28.8 Å². The summed E-state index contributed by atoms with van der Waals surface area (Å²) < 4.78 is 10.7. The zero-order valence-electron chi connectivity index (χ0n) is 12.9. The second-order valence-electron chi connectivity index (χ2n) is 4.53. The van der Waals surface area contributed by atoms with Gasteiger partial charge in [0.05, 0.1) is 30.6 Å². The van der Waals surface area contributed by atoms with Crippen LogP contribution in [0.4, 0.5) is 5.69 Å². The number of pyridine rings is 1. The van der Waals surface area contributed by atoms with Crippen LogP contribution in [0.2, 0.25) is 5.02 Å². The molecule has 0 unspecified atom stereocenters. The summed E-state index contributed by atoms with van der Waals surface area (Å²) in [5, 5.41) is 3.13. The van der Waals surface area contributed by atoms with Crippen LogP contribution in [0.3, 0.4) is 0 Å². The Kier molecular flexibility index (Phi) is 6.00. The Hall–Kier alpha value is -2.53. The molecule has 6 heteroatoms. The highest BCUT2D eigenvalue weighted by atomic mass is 35.5. The molecule has 1 heterocycles. The zero-order valence-corrected chi connectivity index (χ0v) is 13.6. The number of nitrogens with zero attached hydrogens (tertiary/aromatic N) is 1. The fourth-order valence-corrected chi connectivity index (χ4v) is 2.23. The number of carbonyl (C=O) groups is 1. The van der Waals surface area contributed by atoms with Gasteiger partial charge in [0.1, 0.15) is 0 Å². The number of aromatic nitrogens is 1. The summed E-state index contributed by atoms with van der Waals surface area (Å²) in [6.07, 6.45) is 6.28. The van der Waals surface area contributed by atoms with Crippen molar-refractivity contribution in [1.82, 2.24) is 4.98 Å². The molecule has 0 bridgehead atoms. The van der Waals surface area contributed by atoms with Gasteiger partial charge in [-0.2, -0.15) is 0 Å². The molecule has 0 aliphatic rings. The largest absolute Gasteiger partial charge is 0.491 e. The van der Waals surface area contributed by atoms with E-state index in [1.807, 2.05) is 6.92 Å². The number of ether oxygens (including phenoxy) is 2. The van der Waals surface area contributed by atoms with Gasteiger partial charge in [0.25, 0.3) is 0 Å². The lowest BCUT2D eigenvalue weighted by Crippen LogP contribution is -2.07. The molecule has 1 amide bonds. The van der Waals surface area contributed by atoms with Crippen molar-refractivity contribution in [3.63, 3.8) is 0 Å². The van der Waals surface area contributed by atoms with Gasteiger partial charge in [0.2, 0.25) is 5.91 Å². The van der Waals surface area contributed by atoms with Crippen LogP contribution in [0.1, 0.15) is 12.5 Å². The Morgan fingerprint density at radius 3 is 2.91 bits per heavy atom. The molecule has 1 N–H and O–H groups in total. The third-order valence-corrected chi connectivity index (χ3v) is 3.17. The van der Waals surface area contributed by atoms with E-state index in [0.717, 1.165) is 5.56 Å².